The van der Waals surface area contributed by atoms with Crippen LogP contribution in [0.3, 0.4) is 0 Å². The standard InChI is InChI=1S/C20H23F3O3S/c1-17(2)16(25)18(3,4)19(17)14(13(10-27-19)20(21,22)23)15(24)11-6-8-12(26-5)9-7-11/h6-9,13-14H,10H2,1-5H3/t13-,14-/m1/s1. The zero-order valence-electron chi connectivity index (χ0n) is 15.9. The van der Waals surface area contributed by atoms with E-state index in [4.69, 9.17) is 4.74 Å². The van der Waals surface area contributed by atoms with Crippen molar-refractivity contribution < 1.29 is 27.5 Å². The normalized spacial score (nSPS) is 28.1. The molecule has 0 aromatic heterocycles. The molecule has 0 bridgehead atoms. The fourth-order valence-electron chi connectivity index (χ4n) is 5.25. The van der Waals surface area contributed by atoms with E-state index in [2.05, 4.69) is 0 Å². The molecule has 1 aliphatic carbocycles. The summed E-state index contributed by atoms with van der Waals surface area (Å²) in [5.74, 6) is -3.43. The Balaban J connectivity index is 2.13. The molecule has 1 aliphatic heterocycles. The molecule has 2 fully saturated rings. The highest BCUT2D eigenvalue weighted by Gasteiger charge is 2.80. The van der Waals surface area contributed by atoms with Crippen molar-refractivity contribution in [2.24, 2.45) is 22.7 Å². The Morgan fingerprint density at radius 1 is 1.11 bits per heavy atom. The first-order valence-electron chi connectivity index (χ1n) is 8.76. The predicted octanol–water partition coefficient (Wildman–Crippen LogP) is 4.79. The molecule has 3 rings (SSSR count). The largest absolute Gasteiger partial charge is 0.497 e. The lowest BCUT2D eigenvalue weighted by molar-refractivity contribution is -0.194. The van der Waals surface area contributed by atoms with Crippen molar-refractivity contribution in [1.29, 1.82) is 0 Å². The fraction of sp³-hybridized carbons (Fsp3) is 0.600. The fourth-order valence-corrected chi connectivity index (χ4v) is 7.43. The number of hydrogen-bond acceptors (Lipinski definition) is 4. The minimum Gasteiger partial charge on any atom is -0.497 e. The molecule has 0 unspecified atom stereocenters. The number of thioether (sulfide) groups is 1. The van der Waals surface area contributed by atoms with Gasteiger partial charge in [0.25, 0.3) is 0 Å². The van der Waals surface area contributed by atoms with Crippen molar-refractivity contribution in [1.82, 2.24) is 0 Å². The molecule has 0 radical (unpaired) electrons. The first-order valence-corrected chi connectivity index (χ1v) is 9.74. The summed E-state index contributed by atoms with van der Waals surface area (Å²) in [6.07, 6.45) is -4.51. The van der Waals surface area contributed by atoms with E-state index < -0.39 is 39.4 Å². The Kier molecular flexibility index (Phi) is 4.50. The lowest BCUT2D eigenvalue weighted by Gasteiger charge is -2.65. The van der Waals surface area contributed by atoms with Gasteiger partial charge in [0.05, 0.1) is 23.7 Å². The highest BCUT2D eigenvalue weighted by molar-refractivity contribution is 8.01. The molecule has 1 spiro atoms. The maximum atomic E-state index is 13.8. The molecule has 7 heteroatoms. The first kappa shape index (κ1) is 20.2. The molecular weight excluding hydrogens is 377 g/mol. The van der Waals surface area contributed by atoms with Gasteiger partial charge in [0, 0.05) is 22.1 Å². The second-order valence-electron chi connectivity index (χ2n) is 8.34. The monoisotopic (exact) mass is 400 g/mol. The van der Waals surface area contributed by atoms with E-state index in [1.54, 1.807) is 39.8 Å². The summed E-state index contributed by atoms with van der Waals surface area (Å²) in [6.45, 7) is 6.67. The van der Waals surface area contributed by atoms with E-state index in [-0.39, 0.29) is 17.1 Å². The molecule has 1 aromatic carbocycles. The van der Waals surface area contributed by atoms with Crippen LogP contribution in [-0.4, -0.2) is 35.4 Å². The van der Waals surface area contributed by atoms with Gasteiger partial charge in [-0.05, 0) is 24.3 Å². The van der Waals surface area contributed by atoms with Crippen LogP contribution in [0.5, 0.6) is 5.75 Å². The Hall–Kier alpha value is -1.50. The summed E-state index contributed by atoms with van der Waals surface area (Å²) >= 11 is 1.14. The van der Waals surface area contributed by atoms with Crippen molar-refractivity contribution in [2.75, 3.05) is 12.9 Å². The lowest BCUT2D eigenvalue weighted by Crippen LogP contribution is -2.75. The number of rotatable bonds is 3. The average molecular weight is 400 g/mol. The first-order chi connectivity index (χ1) is 12.3. The molecule has 1 saturated carbocycles. The summed E-state index contributed by atoms with van der Waals surface area (Å²) < 4.78 is 45.5. The van der Waals surface area contributed by atoms with Crippen molar-refractivity contribution in [3.05, 3.63) is 29.8 Å². The predicted molar refractivity (Wildman–Crippen MR) is 98.1 cm³/mol. The Labute approximate surface area is 161 Å². The van der Waals surface area contributed by atoms with Crippen LogP contribution in [0.2, 0.25) is 0 Å². The van der Waals surface area contributed by atoms with Crippen molar-refractivity contribution >= 4 is 23.3 Å². The van der Waals surface area contributed by atoms with Crippen LogP contribution >= 0.6 is 11.8 Å². The van der Waals surface area contributed by atoms with Gasteiger partial charge >= 0.3 is 6.18 Å². The molecule has 1 saturated heterocycles. The molecule has 0 amide bonds. The smallest absolute Gasteiger partial charge is 0.393 e. The Bertz CT molecular complexity index is 763. The number of carbonyl (C=O) groups excluding carboxylic acids is 2. The summed E-state index contributed by atoms with van der Waals surface area (Å²) in [6, 6.07) is 6.11. The number of halogens is 3. The third-order valence-corrected chi connectivity index (χ3v) is 8.66. The number of hydrogen-bond donors (Lipinski definition) is 0. The van der Waals surface area contributed by atoms with E-state index in [0.29, 0.717) is 5.75 Å². The zero-order valence-corrected chi connectivity index (χ0v) is 16.8. The van der Waals surface area contributed by atoms with Crippen LogP contribution in [0, 0.1) is 22.7 Å². The highest BCUT2D eigenvalue weighted by atomic mass is 32.2. The maximum Gasteiger partial charge on any atom is 0.393 e. The van der Waals surface area contributed by atoms with E-state index in [1.807, 2.05) is 0 Å². The van der Waals surface area contributed by atoms with Crippen LogP contribution in [0.4, 0.5) is 13.2 Å². The average Bonchev–Trinajstić information content (AvgIpc) is 3.04. The van der Waals surface area contributed by atoms with Crippen molar-refractivity contribution in [3.8, 4) is 5.75 Å². The van der Waals surface area contributed by atoms with Crippen LogP contribution in [-0.2, 0) is 4.79 Å². The number of ether oxygens (including phenoxy) is 1. The quantitative estimate of drug-likeness (QED) is 0.684. The third-order valence-electron chi connectivity index (χ3n) is 6.40. The minimum absolute atomic E-state index is 0.0992. The van der Waals surface area contributed by atoms with Gasteiger partial charge in [0.2, 0.25) is 0 Å². The van der Waals surface area contributed by atoms with E-state index in [1.165, 1.54) is 19.2 Å². The maximum absolute atomic E-state index is 13.8. The molecule has 1 heterocycles. The molecule has 0 N–H and O–H groups in total. The Morgan fingerprint density at radius 2 is 1.63 bits per heavy atom. The number of carbonyl (C=O) groups is 2. The third kappa shape index (κ3) is 2.50. The molecule has 27 heavy (non-hydrogen) atoms. The minimum atomic E-state index is -4.51. The molecule has 148 valence electrons. The second kappa shape index (κ2) is 6.00. The van der Waals surface area contributed by atoms with Crippen LogP contribution in [0.1, 0.15) is 38.1 Å². The van der Waals surface area contributed by atoms with E-state index >= 15 is 0 Å². The van der Waals surface area contributed by atoms with Crippen molar-refractivity contribution in [2.45, 2.75) is 38.6 Å². The molecular formula is C20H23F3O3S. The summed E-state index contributed by atoms with van der Waals surface area (Å²) in [5, 5.41) is 0. The molecule has 3 nitrogen and oxygen atoms in total. The molecule has 2 aliphatic rings. The molecule has 2 atom stereocenters. The van der Waals surface area contributed by atoms with Crippen molar-refractivity contribution in [3.63, 3.8) is 0 Å². The summed E-state index contributed by atoms with van der Waals surface area (Å²) in [7, 11) is 1.48. The number of benzene rings is 1. The number of ketones is 2. The van der Waals surface area contributed by atoms with Gasteiger partial charge in [0.1, 0.15) is 11.5 Å². The number of Topliss-reactive ketones (excluding diaryl/α,β-unsaturated/α-hetero) is 2. The molecule has 1 aromatic rings. The van der Waals surface area contributed by atoms with Crippen LogP contribution in [0.15, 0.2) is 24.3 Å². The van der Waals surface area contributed by atoms with Gasteiger partial charge in [-0.2, -0.15) is 24.9 Å². The summed E-state index contributed by atoms with van der Waals surface area (Å²) in [5.41, 5.74) is -1.80. The highest BCUT2D eigenvalue weighted by Crippen LogP contribution is 2.74. The van der Waals surface area contributed by atoms with Gasteiger partial charge in [0.15, 0.2) is 5.78 Å². The van der Waals surface area contributed by atoms with Gasteiger partial charge in [-0.25, -0.2) is 0 Å². The lowest BCUT2D eigenvalue weighted by atomic mass is 9.41. The summed E-state index contributed by atoms with van der Waals surface area (Å²) in [4.78, 5) is 26.0. The van der Waals surface area contributed by atoms with Gasteiger partial charge in [-0.3, -0.25) is 9.59 Å². The van der Waals surface area contributed by atoms with Gasteiger partial charge in [-0.15, -0.1) is 0 Å². The number of alkyl halides is 3. The van der Waals surface area contributed by atoms with E-state index in [0.717, 1.165) is 11.8 Å². The second-order valence-corrected chi connectivity index (χ2v) is 9.61. The van der Waals surface area contributed by atoms with Gasteiger partial charge < -0.3 is 4.74 Å². The zero-order chi connectivity index (χ0) is 20.4. The topological polar surface area (TPSA) is 43.4 Å². The van der Waals surface area contributed by atoms with Crippen LogP contribution in [0.25, 0.3) is 0 Å². The van der Waals surface area contributed by atoms with E-state index in [9.17, 15) is 22.8 Å². The Morgan fingerprint density at radius 3 is 2.07 bits per heavy atom. The van der Waals surface area contributed by atoms with Crippen LogP contribution < -0.4 is 4.74 Å². The number of methoxy groups -OCH3 is 1. The SMILES string of the molecule is COc1ccc(C(=O)[C@H]2[C@H](C(F)(F)F)CSC23C(C)(C)C(=O)C3(C)C)cc1. The van der Waals surface area contributed by atoms with Gasteiger partial charge in [-0.1, -0.05) is 27.7 Å².